The molecule has 0 saturated heterocycles. The number of nitro benzene ring substituents is 1. The number of nitrogens with zero attached hydrogens (tertiary/aromatic N) is 3. The quantitative estimate of drug-likeness (QED) is 0.642. The first-order valence-corrected chi connectivity index (χ1v) is 5.51. The van der Waals surface area contributed by atoms with Gasteiger partial charge in [0, 0.05) is 25.2 Å². The summed E-state index contributed by atoms with van der Waals surface area (Å²) >= 11 is 0. The van der Waals surface area contributed by atoms with Crippen LogP contribution in [0.4, 0.5) is 5.69 Å². The molecule has 0 radical (unpaired) electrons. The number of hydrogen-bond acceptors (Lipinski definition) is 4. The largest absolute Gasteiger partial charge is 0.326 e. The molecule has 0 fully saturated rings. The van der Waals surface area contributed by atoms with Crippen LogP contribution in [0.5, 0.6) is 0 Å². The Morgan fingerprint density at radius 1 is 1.44 bits per heavy atom. The molecule has 0 bridgehead atoms. The van der Waals surface area contributed by atoms with E-state index in [1.807, 2.05) is 19.0 Å². The average molecular weight is 250 g/mol. The molecule has 0 saturated carbocycles. The standard InChI is InChI=1S/C11H14N4O3/c1-13(2)5-6-14-10-7-8(15(17)18)3-4-9(10)12-11(14)16/h3-4,7H,5-6H2,1-2H3,(H,12,16). The minimum absolute atomic E-state index is 0.0138. The zero-order valence-corrected chi connectivity index (χ0v) is 10.2. The minimum atomic E-state index is -0.465. The van der Waals surface area contributed by atoms with Gasteiger partial charge >= 0.3 is 5.69 Å². The molecule has 96 valence electrons. The fourth-order valence-electron chi connectivity index (χ4n) is 1.78. The lowest BCUT2D eigenvalue weighted by atomic mass is 10.3. The highest BCUT2D eigenvalue weighted by Gasteiger charge is 2.12. The van der Waals surface area contributed by atoms with E-state index in [1.54, 1.807) is 6.07 Å². The lowest BCUT2D eigenvalue weighted by Crippen LogP contribution is -2.24. The minimum Gasteiger partial charge on any atom is -0.308 e. The van der Waals surface area contributed by atoms with Gasteiger partial charge in [0.1, 0.15) is 0 Å². The van der Waals surface area contributed by atoms with Crippen LogP contribution in [-0.4, -0.2) is 40.0 Å². The molecular weight excluding hydrogens is 236 g/mol. The van der Waals surface area contributed by atoms with Gasteiger partial charge in [0.05, 0.1) is 16.0 Å². The third kappa shape index (κ3) is 2.25. The highest BCUT2D eigenvalue weighted by Crippen LogP contribution is 2.18. The van der Waals surface area contributed by atoms with Gasteiger partial charge in [0.25, 0.3) is 5.69 Å². The molecule has 0 aliphatic carbocycles. The highest BCUT2D eigenvalue weighted by molar-refractivity contribution is 5.77. The number of likely N-dealkylation sites (N-methyl/N-ethyl adjacent to an activating group) is 1. The lowest BCUT2D eigenvalue weighted by molar-refractivity contribution is -0.384. The van der Waals surface area contributed by atoms with Gasteiger partial charge in [0.2, 0.25) is 0 Å². The molecule has 18 heavy (non-hydrogen) atoms. The van der Waals surface area contributed by atoms with Crippen molar-refractivity contribution < 1.29 is 4.92 Å². The molecular formula is C11H14N4O3. The van der Waals surface area contributed by atoms with Crippen LogP contribution in [0.2, 0.25) is 0 Å². The Morgan fingerprint density at radius 2 is 2.17 bits per heavy atom. The van der Waals surface area contributed by atoms with Crippen molar-refractivity contribution in [3.05, 3.63) is 38.8 Å². The van der Waals surface area contributed by atoms with E-state index in [1.165, 1.54) is 16.7 Å². The third-order valence-corrected chi connectivity index (χ3v) is 2.74. The van der Waals surface area contributed by atoms with Crippen molar-refractivity contribution >= 4 is 16.7 Å². The molecule has 0 unspecified atom stereocenters. The van der Waals surface area contributed by atoms with E-state index in [0.29, 0.717) is 24.1 Å². The maximum atomic E-state index is 11.8. The number of nitrogens with one attached hydrogen (secondary N) is 1. The van der Waals surface area contributed by atoms with E-state index < -0.39 is 4.92 Å². The van der Waals surface area contributed by atoms with Gasteiger partial charge in [-0.25, -0.2) is 4.79 Å². The monoisotopic (exact) mass is 250 g/mol. The Labute approximate surface area is 103 Å². The maximum Gasteiger partial charge on any atom is 0.326 e. The number of hydrogen-bond donors (Lipinski definition) is 1. The van der Waals surface area contributed by atoms with Gasteiger partial charge in [-0.15, -0.1) is 0 Å². The van der Waals surface area contributed by atoms with Gasteiger partial charge in [-0.1, -0.05) is 0 Å². The number of H-pyrrole nitrogens is 1. The predicted octanol–water partition coefficient (Wildman–Crippen LogP) is 0.799. The molecule has 1 aromatic heterocycles. The zero-order valence-electron chi connectivity index (χ0n) is 10.2. The van der Waals surface area contributed by atoms with E-state index in [2.05, 4.69) is 4.98 Å². The Bertz CT molecular complexity index is 641. The van der Waals surface area contributed by atoms with Crippen LogP contribution >= 0.6 is 0 Å². The number of aromatic amines is 1. The van der Waals surface area contributed by atoms with Crippen molar-refractivity contribution in [2.75, 3.05) is 20.6 Å². The van der Waals surface area contributed by atoms with Gasteiger partial charge in [-0.3, -0.25) is 14.7 Å². The summed E-state index contributed by atoms with van der Waals surface area (Å²) in [4.78, 5) is 26.6. The van der Waals surface area contributed by atoms with Crippen molar-refractivity contribution in [2.45, 2.75) is 6.54 Å². The molecule has 1 heterocycles. The second-order valence-corrected chi connectivity index (χ2v) is 4.34. The van der Waals surface area contributed by atoms with Gasteiger partial charge in [0.15, 0.2) is 0 Å². The Kier molecular flexibility index (Phi) is 3.15. The van der Waals surface area contributed by atoms with Crippen molar-refractivity contribution in [2.24, 2.45) is 0 Å². The van der Waals surface area contributed by atoms with Gasteiger partial charge in [-0.05, 0) is 20.2 Å². The number of benzene rings is 1. The summed E-state index contributed by atoms with van der Waals surface area (Å²) < 4.78 is 1.52. The van der Waals surface area contributed by atoms with E-state index >= 15 is 0 Å². The van der Waals surface area contributed by atoms with Crippen LogP contribution in [0, 0.1) is 10.1 Å². The lowest BCUT2D eigenvalue weighted by Gasteiger charge is -2.09. The summed E-state index contributed by atoms with van der Waals surface area (Å²) in [6.45, 7) is 1.18. The molecule has 0 aliphatic heterocycles. The third-order valence-electron chi connectivity index (χ3n) is 2.74. The smallest absolute Gasteiger partial charge is 0.308 e. The number of rotatable bonds is 4. The first kappa shape index (κ1) is 12.3. The molecule has 7 nitrogen and oxygen atoms in total. The second kappa shape index (κ2) is 4.61. The molecule has 2 aromatic rings. The number of aromatic nitrogens is 2. The summed E-state index contributed by atoms with van der Waals surface area (Å²) in [5.74, 6) is 0. The Balaban J connectivity index is 2.50. The second-order valence-electron chi connectivity index (χ2n) is 4.34. The first-order chi connectivity index (χ1) is 8.49. The molecule has 0 amide bonds. The van der Waals surface area contributed by atoms with Crippen molar-refractivity contribution in [1.82, 2.24) is 14.5 Å². The number of non-ortho nitro benzene ring substituents is 1. The molecule has 0 aliphatic rings. The number of imidazole rings is 1. The molecule has 0 atom stereocenters. The Hall–Kier alpha value is -2.15. The molecule has 7 heteroatoms. The fourth-order valence-corrected chi connectivity index (χ4v) is 1.78. The van der Waals surface area contributed by atoms with Crippen LogP contribution in [0.15, 0.2) is 23.0 Å². The first-order valence-electron chi connectivity index (χ1n) is 5.51. The van der Waals surface area contributed by atoms with Crippen LogP contribution in [0.3, 0.4) is 0 Å². The topological polar surface area (TPSA) is 84.2 Å². The molecule has 1 N–H and O–H groups in total. The highest BCUT2D eigenvalue weighted by atomic mass is 16.6. The number of fused-ring (bicyclic) bond motifs is 1. The van der Waals surface area contributed by atoms with Crippen LogP contribution in [-0.2, 0) is 6.54 Å². The summed E-state index contributed by atoms with van der Waals surface area (Å²) in [5, 5.41) is 10.7. The van der Waals surface area contributed by atoms with E-state index in [9.17, 15) is 14.9 Å². The summed E-state index contributed by atoms with van der Waals surface area (Å²) in [5.41, 5.74) is 0.924. The van der Waals surface area contributed by atoms with E-state index in [-0.39, 0.29) is 11.4 Å². The fraction of sp³-hybridized carbons (Fsp3) is 0.364. The molecule has 2 rings (SSSR count). The summed E-state index contributed by atoms with van der Waals surface area (Å²) in [6.07, 6.45) is 0. The van der Waals surface area contributed by atoms with E-state index in [0.717, 1.165) is 0 Å². The molecule has 0 spiro atoms. The summed E-state index contributed by atoms with van der Waals surface area (Å²) in [7, 11) is 3.81. The van der Waals surface area contributed by atoms with Crippen LogP contribution in [0.1, 0.15) is 0 Å². The van der Waals surface area contributed by atoms with Crippen molar-refractivity contribution in [3.8, 4) is 0 Å². The normalized spacial score (nSPS) is 11.3. The van der Waals surface area contributed by atoms with Crippen LogP contribution in [0.25, 0.3) is 11.0 Å². The van der Waals surface area contributed by atoms with Crippen LogP contribution < -0.4 is 5.69 Å². The Morgan fingerprint density at radius 3 is 2.78 bits per heavy atom. The zero-order chi connectivity index (χ0) is 13.3. The number of nitro groups is 1. The predicted molar refractivity (Wildman–Crippen MR) is 67.8 cm³/mol. The molecule has 1 aromatic carbocycles. The summed E-state index contributed by atoms with van der Waals surface area (Å²) in [6, 6.07) is 4.36. The van der Waals surface area contributed by atoms with Crippen molar-refractivity contribution in [1.29, 1.82) is 0 Å². The maximum absolute atomic E-state index is 11.8. The van der Waals surface area contributed by atoms with Crippen molar-refractivity contribution in [3.63, 3.8) is 0 Å². The van der Waals surface area contributed by atoms with E-state index in [4.69, 9.17) is 0 Å². The van der Waals surface area contributed by atoms with Gasteiger partial charge < -0.3 is 9.88 Å². The average Bonchev–Trinajstić information content (AvgIpc) is 2.60. The van der Waals surface area contributed by atoms with Gasteiger partial charge in [-0.2, -0.15) is 0 Å². The SMILES string of the molecule is CN(C)CCn1c(=O)[nH]c2ccc([N+](=O)[O-])cc21.